The molecule has 0 saturated carbocycles. The molecular formula is C22H11Cl3N2O3. The van der Waals surface area contributed by atoms with E-state index in [1.165, 1.54) is 11.0 Å². The van der Waals surface area contributed by atoms with E-state index in [0.717, 1.165) is 0 Å². The Morgan fingerprint density at radius 3 is 2.50 bits per heavy atom. The number of anilines is 1. The zero-order valence-electron chi connectivity index (χ0n) is 15.1. The molecule has 0 fully saturated rings. The van der Waals surface area contributed by atoms with Crippen molar-refractivity contribution in [1.29, 1.82) is 0 Å². The number of nitrogens with zero attached hydrogens (tertiary/aromatic N) is 2. The fraction of sp³-hybridized carbons (Fsp3) is 0.0455. The third-order valence-electron chi connectivity index (χ3n) is 4.99. The van der Waals surface area contributed by atoms with E-state index in [-0.39, 0.29) is 22.3 Å². The molecule has 0 radical (unpaired) electrons. The number of pyridine rings is 1. The molecular weight excluding hydrogens is 447 g/mol. The third kappa shape index (κ3) is 2.89. The van der Waals surface area contributed by atoms with E-state index in [0.29, 0.717) is 31.8 Å². The molecule has 8 heteroatoms. The summed E-state index contributed by atoms with van der Waals surface area (Å²) < 4.78 is 5.87. The minimum atomic E-state index is -0.781. The van der Waals surface area contributed by atoms with Gasteiger partial charge in [0.1, 0.15) is 11.4 Å². The Hall–Kier alpha value is -2.86. The first-order chi connectivity index (χ1) is 14.5. The molecule has 0 unspecified atom stereocenters. The van der Waals surface area contributed by atoms with E-state index < -0.39 is 11.9 Å². The first-order valence-electron chi connectivity index (χ1n) is 8.91. The SMILES string of the molecule is O=C1c2oc3ccc(Cl)cc3c(=O)c2[C@H](c2ccc(Cl)c(Cl)c2)N1c1ccccn1. The van der Waals surface area contributed by atoms with Crippen molar-refractivity contribution in [2.45, 2.75) is 6.04 Å². The summed E-state index contributed by atoms with van der Waals surface area (Å²) in [5, 5.41) is 1.37. The summed E-state index contributed by atoms with van der Waals surface area (Å²) in [5.74, 6) is -0.114. The molecule has 5 nitrogen and oxygen atoms in total. The van der Waals surface area contributed by atoms with Gasteiger partial charge in [-0.1, -0.05) is 46.9 Å². The predicted octanol–water partition coefficient (Wildman–Crippen LogP) is 5.90. The summed E-state index contributed by atoms with van der Waals surface area (Å²) >= 11 is 18.4. The van der Waals surface area contributed by atoms with Gasteiger partial charge in [0.15, 0.2) is 5.43 Å². The van der Waals surface area contributed by atoms with Gasteiger partial charge in [0.05, 0.1) is 27.0 Å². The van der Waals surface area contributed by atoms with Crippen LogP contribution in [0.5, 0.6) is 0 Å². The highest BCUT2D eigenvalue weighted by atomic mass is 35.5. The van der Waals surface area contributed by atoms with Crippen LogP contribution >= 0.6 is 34.8 Å². The van der Waals surface area contributed by atoms with Crippen LogP contribution in [-0.2, 0) is 0 Å². The zero-order valence-corrected chi connectivity index (χ0v) is 17.4. The molecule has 148 valence electrons. The van der Waals surface area contributed by atoms with Crippen molar-refractivity contribution < 1.29 is 9.21 Å². The Morgan fingerprint density at radius 2 is 1.77 bits per heavy atom. The molecule has 2 aromatic heterocycles. The Kier molecular flexibility index (Phi) is 4.54. The van der Waals surface area contributed by atoms with Gasteiger partial charge in [0.2, 0.25) is 5.76 Å². The van der Waals surface area contributed by atoms with Crippen LogP contribution in [0.4, 0.5) is 5.82 Å². The topological polar surface area (TPSA) is 63.4 Å². The Morgan fingerprint density at radius 1 is 0.933 bits per heavy atom. The largest absolute Gasteiger partial charge is 0.450 e. The van der Waals surface area contributed by atoms with Crippen LogP contribution in [0.3, 0.4) is 0 Å². The Bertz CT molecular complexity index is 1390. The highest BCUT2D eigenvalue weighted by Crippen LogP contribution is 2.41. The summed E-state index contributed by atoms with van der Waals surface area (Å²) in [5.41, 5.74) is 0.763. The number of carbonyl (C=O) groups is 1. The van der Waals surface area contributed by atoms with Crippen LogP contribution in [0.25, 0.3) is 11.0 Å². The minimum absolute atomic E-state index is 0.0310. The van der Waals surface area contributed by atoms with Crippen molar-refractivity contribution in [2.24, 2.45) is 0 Å². The second-order valence-electron chi connectivity index (χ2n) is 6.75. The van der Waals surface area contributed by atoms with E-state index in [9.17, 15) is 9.59 Å². The maximum absolute atomic E-state index is 13.5. The summed E-state index contributed by atoms with van der Waals surface area (Å²) in [6, 6.07) is 14.1. The van der Waals surface area contributed by atoms with Gasteiger partial charge in [-0.05, 0) is 48.0 Å². The molecule has 0 saturated heterocycles. The van der Waals surface area contributed by atoms with Gasteiger partial charge in [0.25, 0.3) is 5.91 Å². The van der Waals surface area contributed by atoms with Crippen LogP contribution in [0, 0.1) is 0 Å². The van der Waals surface area contributed by atoms with Crippen LogP contribution < -0.4 is 10.3 Å². The van der Waals surface area contributed by atoms with Crippen molar-refractivity contribution in [3.05, 3.63) is 103 Å². The molecule has 2 aromatic carbocycles. The zero-order chi connectivity index (χ0) is 21.0. The molecule has 1 amide bonds. The van der Waals surface area contributed by atoms with Crippen LogP contribution in [0.2, 0.25) is 15.1 Å². The van der Waals surface area contributed by atoms with E-state index in [4.69, 9.17) is 39.2 Å². The van der Waals surface area contributed by atoms with Crippen molar-refractivity contribution in [3.63, 3.8) is 0 Å². The van der Waals surface area contributed by atoms with Crippen LogP contribution in [0.1, 0.15) is 27.7 Å². The van der Waals surface area contributed by atoms with E-state index >= 15 is 0 Å². The van der Waals surface area contributed by atoms with E-state index in [1.807, 2.05) is 0 Å². The lowest BCUT2D eigenvalue weighted by atomic mass is 9.98. The van der Waals surface area contributed by atoms with Gasteiger partial charge in [0, 0.05) is 11.2 Å². The smallest absolute Gasteiger partial charge is 0.296 e. The average molecular weight is 458 g/mol. The Labute approximate surface area is 185 Å². The molecule has 1 aliphatic rings. The predicted molar refractivity (Wildman–Crippen MR) is 117 cm³/mol. The number of benzene rings is 2. The Balaban J connectivity index is 1.84. The molecule has 1 aliphatic heterocycles. The highest BCUT2D eigenvalue weighted by Gasteiger charge is 2.44. The lowest BCUT2D eigenvalue weighted by Gasteiger charge is -2.24. The molecule has 30 heavy (non-hydrogen) atoms. The first-order valence-corrected chi connectivity index (χ1v) is 10.0. The second-order valence-corrected chi connectivity index (χ2v) is 8.00. The van der Waals surface area contributed by atoms with E-state index in [1.54, 1.807) is 54.7 Å². The summed E-state index contributed by atoms with van der Waals surface area (Å²) in [7, 11) is 0. The number of fused-ring (bicyclic) bond motifs is 2. The van der Waals surface area contributed by atoms with Gasteiger partial charge in [-0.3, -0.25) is 14.5 Å². The summed E-state index contributed by atoms with van der Waals surface area (Å²) in [6.07, 6.45) is 1.57. The fourth-order valence-electron chi connectivity index (χ4n) is 3.68. The molecule has 4 aromatic rings. The number of hydrogen-bond donors (Lipinski definition) is 0. The lowest BCUT2D eigenvalue weighted by Crippen LogP contribution is -2.30. The highest BCUT2D eigenvalue weighted by molar-refractivity contribution is 6.42. The standard InChI is InChI=1S/C22H11Cl3N2O3/c23-12-5-7-16-13(10-12)20(28)18-19(11-4-6-14(24)15(25)9-11)27(22(29)21(18)30-16)17-3-1-2-8-26-17/h1-10,19H/t19-/m0/s1. The van der Waals surface area contributed by atoms with Gasteiger partial charge in [-0.2, -0.15) is 0 Å². The lowest BCUT2D eigenvalue weighted by molar-refractivity contribution is 0.0970. The number of halogens is 3. The summed E-state index contributed by atoms with van der Waals surface area (Å²) in [4.78, 5) is 32.5. The molecule has 0 spiro atoms. The fourth-order valence-corrected chi connectivity index (χ4v) is 4.15. The number of amides is 1. The third-order valence-corrected chi connectivity index (χ3v) is 5.96. The maximum atomic E-state index is 13.5. The van der Waals surface area contributed by atoms with Gasteiger partial charge < -0.3 is 4.42 Å². The first kappa shape index (κ1) is 19.1. The molecule has 3 heterocycles. The van der Waals surface area contributed by atoms with Crippen molar-refractivity contribution in [3.8, 4) is 0 Å². The van der Waals surface area contributed by atoms with Gasteiger partial charge in [-0.25, -0.2) is 4.98 Å². The number of carbonyl (C=O) groups excluding carboxylic acids is 1. The number of aromatic nitrogens is 1. The quantitative estimate of drug-likeness (QED) is 0.376. The minimum Gasteiger partial charge on any atom is -0.450 e. The van der Waals surface area contributed by atoms with Crippen molar-refractivity contribution >= 4 is 57.5 Å². The van der Waals surface area contributed by atoms with Gasteiger partial charge >= 0.3 is 0 Å². The second kappa shape index (κ2) is 7.13. The number of hydrogen-bond acceptors (Lipinski definition) is 4. The average Bonchev–Trinajstić information content (AvgIpc) is 3.04. The van der Waals surface area contributed by atoms with Gasteiger partial charge in [-0.15, -0.1) is 0 Å². The monoisotopic (exact) mass is 456 g/mol. The molecule has 0 N–H and O–H groups in total. The van der Waals surface area contributed by atoms with Crippen molar-refractivity contribution in [1.82, 2.24) is 4.98 Å². The van der Waals surface area contributed by atoms with Crippen molar-refractivity contribution in [2.75, 3.05) is 4.90 Å². The summed E-state index contributed by atoms with van der Waals surface area (Å²) in [6.45, 7) is 0. The molecule has 0 aliphatic carbocycles. The molecule has 5 rings (SSSR count). The maximum Gasteiger partial charge on any atom is 0.296 e. The number of rotatable bonds is 2. The van der Waals surface area contributed by atoms with Crippen LogP contribution in [-0.4, -0.2) is 10.9 Å². The van der Waals surface area contributed by atoms with Crippen LogP contribution in [0.15, 0.2) is 70.0 Å². The normalized spacial score (nSPS) is 15.6. The molecule has 0 bridgehead atoms. The molecule has 1 atom stereocenters. The van der Waals surface area contributed by atoms with E-state index in [2.05, 4.69) is 4.98 Å².